The molecule has 1 N–H and O–H groups in total. The number of aliphatic hydroxyl groups excluding tert-OH is 1. The lowest BCUT2D eigenvalue weighted by molar-refractivity contribution is -0.0554. The summed E-state index contributed by atoms with van der Waals surface area (Å²) in [5.74, 6) is 0. The Bertz CT molecular complexity index is 47.5. The highest BCUT2D eigenvalue weighted by Gasteiger charge is 2.19. The third kappa shape index (κ3) is 0.420. The minimum atomic E-state index is -0.134. The molecular formula is C4H9NO. The first-order chi connectivity index (χ1) is 2.80. The van der Waals surface area contributed by atoms with Crippen molar-refractivity contribution < 1.29 is 5.11 Å². The maximum Gasteiger partial charge on any atom is 0.108 e. The molecular weight excluding hydrogens is 78.0 g/mol. The van der Waals surface area contributed by atoms with E-state index in [9.17, 15) is 0 Å². The zero-order chi connectivity index (χ0) is 4.57. The van der Waals surface area contributed by atoms with Gasteiger partial charge in [0, 0.05) is 6.54 Å². The molecule has 1 aliphatic heterocycles. The maximum absolute atomic E-state index is 8.64. The van der Waals surface area contributed by atoms with Gasteiger partial charge in [-0.15, -0.1) is 0 Å². The molecule has 36 valence electrons. The van der Waals surface area contributed by atoms with Crippen molar-refractivity contribution in [1.29, 1.82) is 0 Å². The van der Waals surface area contributed by atoms with Gasteiger partial charge in [0.25, 0.3) is 0 Å². The summed E-state index contributed by atoms with van der Waals surface area (Å²) in [4.78, 5) is 1.90. The maximum atomic E-state index is 8.64. The summed E-state index contributed by atoms with van der Waals surface area (Å²) in [6.45, 7) is 1.06. The first-order valence-electron chi connectivity index (χ1n) is 2.19. The largest absolute Gasteiger partial charge is 0.378 e. The molecule has 1 saturated heterocycles. The third-order valence-corrected chi connectivity index (χ3v) is 1.25. The predicted molar refractivity (Wildman–Crippen MR) is 23.3 cm³/mol. The Balaban J connectivity index is 2.20. The summed E-state index contributed by atoms with van der Waals surface area (Å²) in [6.07, 6.45) is 0.821. The number of likely N-dealkylation sites (tertiary alicyclic amines) is 1. The van der Waals surface area contributed by atoms with Crippen molar-refractivity contribution in [2.24, 2.45) is 0 Å². The zero-order valence-corrected chi connectivity index (χ0v) is 3.89. The van der Waals surface area contributed by atoms with Gasteiger partial charge in [0.2, 0.25) is 0 Å². The Labute approximate surface area is 37.4 Å². The van der Waals surface area contributed by atoms with Crippen LogP contribution in [0.5, 0.6) is 0 Å². The summed E-state index contributed by atoms with van der Waals surface area (Å²) < 4.78 is 0. The molecule has 0 radical (unpaired) electrons. The normalized spacial score (nSPS) is 36.0. The van der Waals surface area contributed by atoms with Crippen LogP contribution in [0.1, 0.15) is 6.42 Å². The van der Waals surface area contributed by atoms with Gasteiger partial charge in [-0.3, -0.25) is 4.90 Å². The van der Waals surface area contributed by atoms with Crippen molar-refractivity contribution in [1.82, 2.24) is 4.90 Å². The van der Waals surface area contributed by atoms with E-state index in [4.69, 9.17) is 5.11 Å². The van der Waals surface area contributed by atoms with Crippen LogP contribution >= 0.6 is 0 Å². The minimum Gasteiger partial charge on any atom is -0.378 e. The average Bonchev–Trinajstić information content (AvgIpc) is 1.61. The number of hydrogen-bond donors (Lipinski definition) is 1. The van der Waals surface area contributed by atoms with E-state index in [0.717, 1.165) is 13.0 Å². The molecule has 1 fully saturated rings. The van der Waals surface area contributed by atoms with E-state index >= 15 is 0 Å². The number of aliphatic hydroxyl groups is 1. The Hall–Kier alpha value is -0.0800. The van der Waals surface area contributed by atoms with Crippen LogP contribution in [0.25, 0.3) is 0 Å². The summed E-state index contributed by atoms with van der Waals surface area (Å²) in [7, 11) is 1.91. The second kappa shape index (κ2) is 1.21. The van der Waals surface area contributed by atoms with Crippen molar-refractivity contribution in [2.75, 3.05) is 13.6 Å². The van der Waals surface area contributed by atoms with Crippen molar-refractivity contribution in [3.8, 4) is 0 Å². The Morgan fingerprint density at radius 2 is 2.33 bits per heavy atom. The molecule has 0 aromatic carbocycles. The number of hydrogen-bond acceptors (Lipinski definition) is 2. The van der Waals surface area contributed by atoms with Crippen LogP contribution < -0.4 is 0 Å². The first kappa shape index (κ1) is 4.09. The molecule has 1 rings (SSSR count). The lowest BCUT2D eigenvalue weighted by Crippen LogP contribution is -2.44. The van der Waals surface area contributed by atoms with Gasteiger partial charge in [-0.05, 0) is 13.5 Å². The third-order valence-electron chi connectivity index (χ3n) is 1.25. The average molecular weight is 87.1 g/mol. The van der Waals surface area contributed by atoms with E-state index in [0.29, 0.717) is 0 Å². The van der Waals surface area contributed by atoms with E-state index in [2.05, 4.69) is 0 Å². The van der Waals surface area contributed by atoms with Crippen LogP contribution in [0, 0.1) is 0 Å². The van der Waals surface area contributed by atoms with Crippen molar-refractivity contribution in [3.63, 3.8) is 0 Å². The van der Waals surface area contributed by atoms with E-state index in [-0.39, 0.29) is 6.23 Å². The highest BCUT2D eigenvalue weighted by molar-refractivity contribution is 4.67. The van der Waals surface area contributed by atoms with E-state index < -0.39 is 0 Å². The topological polar surface area (TPSA) is 23.5 Å². The predicted octanol–water partition coefficient (Wildman–Crippen LogP) is -0.360. The molecule has 0 amide bonds. The molecule has 1 heterocycles. The van der Waals surface area contributed by atoms with Gasteiger partial charge in [0.1, 0.15) is 6.23 Å². The minimum absolute atomic E-state index is 0.134. The van der Waals surface area contributed by atoms with Gasteiger partial charge in [0.05, 0.1) is 0 Å². The molecule has 0 spiro atoms. The van der Waals surface area contributed by atoms with Crippen LogP contribution in [-0.2, 0) is 0 Å². The van der Waals surface area contributed by atoms with Crippen molar-refractivity contribution in [2.45, 2.75) is 12.6 Å². The van der Waals surface area contributed by atoms with Gasteiger partial charge >= 0.3 is 0 Å². The second-order valence-electron chi connectivity index (χ2n) is 1.75. The van der Waals surface area contributed by atoms with Gasteiger partial charge in [-0.1, -0.05) is 0 Å². The zero-order valence-electron chi connectivity index (χ0n) is 3.89. The fourth-order valence-electron chi connectivity index (χ4n) is 0.503. The fourth-order valence-corrected chi connectivity index (χ4v) is 0.503. The Kier molecular flexibility index (Phi) is 0.821. The van der Waals surface area contributed by atoms with Crippen LogP contribution in [0.3, 0.4) is 0 Å². The molecule has 1 atom stereocenters. The van der Waals surface area contributed by atoms with Gasteiger partial charge < -0.3 is 5.11 Å². The van der Waals surface area contributed by atoms with Crippen LogP contribution in [0.2, 0.25) is 0 Å². The van der Waals surface area contributed by atoms with Crippen LogP contribution in [0.15, 0.2) is 0 Å². The Morgan fingerprint density at radius 1 is 1.83 bits per heavy atom. The van der Waals surface area contributed by atoms with Crippen LogP contribution in [-0.4, -0.2) is 29.8 Å². The summed E-state index contributed by atoms with van der Waals surface area (Å²) in [5.41, 5.74) is 0. The molecule has 2 nitrogen and oxygen atoms in total. The molecule has 0 aromatic rings. The standard InChI is InChI=1S/C4H9NO/c1-5-3-2-4(5)6/h4,6H,2-3H2,1H3/t4-/m0/s1. The quantitative estimate of drug-likeness (QED) is 0.436. The molecule has 2 heteroatoms. The summed E-state index contributed by atoms with van der Waals surface area (Å²) in [6, 6.07) is 0. The van der Waals surface area contributed by atoms with E-state index in [1.54, 1.807) is 0 Å². The molecule has 0 unspecified atom stereocenters. The monoisotopic (exact) mass is 87.1 g/mol. The molecule has 0 aromatic heterocycles. The second-order valence-corrected chi connectivity index (χ2v) is 1.75. The molecule has 6 heavy (non-hydrogen) atoms. The number of nitrogens with zero attached hydrogens (tertiary/aromatic N) is 1. The van der Waals surface area contributed by atoms with Gasteiger partial charge in [0.15, 0.2) is 0 Å². The molecule has 0 aliphatic carbocycles. The highest BCUT2D eigenvalue weighted by Crippen LogP contribution is 2.08. The van der Waals surface area contributed by atoms with Gasteiger partial charge in [-0.2, -0.15) is 0 Å². The van der Waals surface area contributed by atoms with Gasteiger partial charge in [-0.25, -0.2) is 0 Å². The summed E-state index contributed by atoms with van der Waals surface area (Å²) in [5, 5.41) is 8.64. The van der Waals surface area contributed by atoms with E-state index in [1.807, 2.05) is 11.9 Å². The number of rotatable bonds is 0. The molecule has 0 bridgehead atoms. The van der Waals surface area contributed by atoms with E-state index in [1.165, 1.54) is 0 Å². The summed E-state index contributed by atoms with van der Waals surface area (Å²) >= 11 is 0. The highest BCUT2D eigenvalue weighted by atomic mass is 16.3. The Morgan fingerprint density at radius 3 is 2.33 bits per heavy atom. The lowest BCUT2D eigenvalue weighted by Gasteiger charge is -2.32. The van der Waals surface area contributed by atoms with Crippen molar-refractivity contribution >= 4 is 0 Å². The SMILES string of the molecule is CN1CC[C@@H]1O. The molecule has 1 aliphatic rings. The van der Waals surface area contributed by atoms with Crippen molar-refractivity contribution in [3.05, 3.63) is 0 Å². The first-order valence-corrected chi connectivity index (χ1v) is 2.19. The fraction of sp³-hybridized carbons (Fsp3) is 1.00. The smallest absolute Gasteiger partial charge is 0.108 e. The lowest BCUT2D eigenvalue weighted by atomic mass is 10.2. The van der Waals surface area contributed by atoms with Crippen LogP contribution in [0.4, 0.5) is 0 Å². The molecule has 0 saturated carbocycles.